The Morgan fingerprint density at radius 1 is 1.52 bits per heavy atom. The molecule has 0 spiro atoms. The Morgan fingerprint density at radius 3 is 3.00 bits per heavy atom. The van der Waals surface area contributed by atoms with Gasteiger partial charge >= 0.3 is 0 Å². The lowest BCUT2D eigenvalue weighted by Gasteiger charge is -2.16. The fourth-order valence-corrected chi connectivity index (χ4v) is 1.75. The molecule has 21 heavy (non-hydrogen) atoms. The van der Waals surface area contributed by atoms with Gasteiger partial charge in [0, 0.05) is 12.6 Å². The van der Waals surface area contributed by atoms with Gasteiger partial charge in [-0.15, -0.1) is 0 Å². The molecule has 0 atom stereocenters. The molecular formula is C14H13FN4O2. The van der Waals surface area contributed by atoms with Crippen LogP contribution in [0.15, 0.2) is 24.5 Å². The minimum Gasteiger partial charge on any atom is -0.384 e. The molecule has 0 aliphatic heterocycles. The minimum atomic E-state index is -0.494. The molecule has 0 saturated heterocycles. The van der Waals surface area contributed by atoms with E-state index in [4.69, 9.17) is 5.11 Å². The van der Waals surface area contributed by atoms with Gasteiger partial charge in [0.2, 0.25) is 0 Å². The van der Waals surface area contributed by atoms with Crippen LogP contribution in [0.25, 0.3) is 0 Å². The number of aromatic nitrogens is 3. The number of amides is 1. The summed E-state index contributed by atoms with van der Waals surface area (Å²) in [6, 6.07) is 3.73. The first kappa shape index (κ1) is 14.7. The van der Waals surface area contributed by atoms with Gasteiger partial charge in [0.25, 0.3) is 5.91 Å². The fraction of sp³-hybridized carbons (Fsp3) is 0.214. The van der Waals surface area contributed by atoms with Crippen molar-refractivity contribution in [2.75, 3.05) is 13.7 Å². The summed E-state index contributed by atoms with van der Waals surface area (Å²) >= 11 is 0. The Hall–Kier alpha value is -2.72. The summed E-state index contributed by atoms with van der Waals surface area (Å²) in [7, 11) is 1.59. The molecule has 0 fully saturated rings. The molecule has 2 N–H and O–H groups in total. The lowest BCUT2D eigenvalue weighted by Crippen LogP contribution is -2.27. The van der Waals surface area contributed by atoms with Crippen molar-refractivity contribution in [1.29, 1.82) is 0 Å². The molecule has 108 valence electrons. The SMILES string of the molecule is CN(Cc1ncn[nH]1)C(=O)c1ccc(F)cc1C#CCO. The monoisotopic (exact) mass is 288 g/mol. The van der Waals surface area contributed by atoms with Crippen molar-refractivity contribution in [2.45, 2.75) is 6.54 Å². The van der Waals surface area contributed by atoms with Gasteiger partial charge in [0.1, 0.15) is 24.6 Å². The van der Waals surface area contributed by atoms with Crippen molar-refractivity contribution < 1.29 is 14.3 Å². The summed E-state index contributed by atoms with van der Waals surface area (Å²) in [5, 5.41) is 15.1. The van der Waals surface area contributed by atoms with Gasteiger partial charge in [-0.25, -0.2) is 9.37 Å². The van der Waals surface area contributed by atoms with Crippen LogP contribution >= 0.6 is 0 Å². The Kier molecular flexibility index (Phi) is 4.64. The van der Waals surface area contributed by atoms with E-state index in [0.717, 1.165) is 6.07 Å². The van der Waals surface area contributed by atoms with Crippen LogP contribution in [-0.4, -0.2) is 44.7 Å². The van der Waals surface area contributed by atoms with Crippen molar-refractivity contribution in [3.8, 4) is 11.8 Å². The molecule has 1 aromatic carbocycles. The van der Waals surface area contributed by atoms with Crippen LogP contribution in [0.1, 0.15) is 21.7 Å². The van der Waals surface area contributed by atoms with E-state index < -0.39 is 5.82 Å². The summed E-state index contributed by atoms with van der Waals surface area (Å²) in [4.78, 5) is 17.7. The molecule has 0 radical (unpaired) electrons. The topological polar surface area (TPSA) is 82.1 Å². The average molecular weight is 288 g/mol. The standard InChI is InChI=1S/C14H13FN4O2/c1-19(8-13-16-9-17-18-13)14(21)12-5-4-11(15)7-10(12)3-2-6-20/h4-5,7,9,20H,6,8H2,1H3,(H,16,17,18). The molecule has 2 rings (SSSR count). The second-order valence-corrected chi connectivity index (χ2v) is 4.24. The van der Waals surface area contributed by atoms with Gasteiger partial charge in [0.15, 0.2) is 0 Å². The predicted octanol–water partition coefficient (Wildman–Crippen LogP) is 0.560. The molecular weight excluding hydrogens is 275 g/mol. The van der Waals surface area contributed by atoms with E-state index in [1.54, 1.807) is 7.05 Å². The molecule has 7 heteroatoms. The summed E-state index contributed by atoms with van der Waals surface area (Å²) in [5.74, 6) is 4.71. The van der Waals surface area contributed by atoms with E-state index in [1.165, 1.54) is 23.4 Å². The quantitative estimate of drug-likeness (QED) is 0.809. The zero-order valence-electron chi connectivity index (χ0n) is 11.3. The van der Waals surface area contributed by atoms with E-state index in [1.807, 2.05) is 0 Å². The maximum absolute atomic E-state index is 13.3. The van der Waals surface area contributed by atoms with E-state index in [0.29, 0.717) is 5.82 Å². The van der Waals surface area contributed by atoms with Crippen molar-refractivity contribution in [2.24, 2.45) is 0 Å². The van der Waals surface area contributed by atoms with Gasteiger partial charge < -0.3 is 10.0 Å². The highest BCUT2D eigenvalue weighted by molar-refractivity contribution is 5.96. The number of hydrogen-bond donors (Lipinski definition) is 2. The second-order valence-electron chi connectivity index (χ2n) is 4.24. The van der Waals surface area contributed by atoms with Crippen molar-refractivity contribution in [3.63, 3.8) is 0 Å². The molecule has 0 unspecified atom stereocenters. The largest absolute Gasteiger partial charge is 0.384 e. The number of halogens is 1. The van der Waals surface area contributed by atoms with Gasteiger partial charge in [-0.1, -0.05) is 11.8 Å². The maximum atomic E-state index is 13.3. The van der Waals surface area contributed by atoms with Crippen LogP contribution in [0.4, 0.5) is 4.39 Å². The summed E-state index contributed by atoms with van der Waals surface area (Å²) in [6.07, 6.45) is 1.35. The normalized spacial score (nSPS) is 9.86. The third-order valence-corrected chi connectivity index (χ3v) is 2.71. The van der Waals surface area contributed by atoms with Gasteiger partial charge in [-0.05, 0) is 18.2 Å². The highest BCUT2D eigenvalue weighted by Gasteiger charge is 2.16. The first-order valence-electron chi connectivity index (χ1n) is 6.11. The zero-order chi connectivity index (χ0) is 15.2. The van der Waals surface area contributed by atoms with Crippen molar-refractivity contribution in [3.05, 3.63) is 47.3 Å². The molecule has 2 aromatic rings. The molecule has 1 aromatic heterocycles. The summed E-state index contributed by atoms with van der Waals surface area (Å²) < 4.78 is 13.3. The van der Waals surface area contributed by atoms with E-state index in [2.05, 4.69) is 27.0 Å². The van der Waals surface area contributed by atoms with Gasteiger partial charge in [-0.2, -0.15) is 5.10 Å². The molecule has 0 aliphatic carbocycles. The highest BCUT2D eigenvalue weighted by atomic mass is 19.1. The van der Waals surface area contributed by atoms with Crippen LogP contribution < -0.4 is 0 Å². The second kappa shape index (κ2) is 6.63. The van der Waals surface area contributed by atoms with Crippen LogP contribution in [0.3, 0.4) is 0 Å². The number of aliphatic hydroxyl groups excluding tert-OH is 1. The lowest BCUT2D eigenvalue weighted by atomic mass is 10.1. The number of benzene rings is 1. The molecule has 0 aliphatic rings. The fourth-order valence-electron chi connectivity index (χ4n) is 1.75. The number of hydrogen-bond acceptors (Lipinski definition) is 4. The highest BCUT2D eigenvalue weighted by Crippen LogP contribution is 2.13. The van der Waals surface area contributed by atoms with Crippen LogP contribution in [0.5, 0.6) is 0 Å². The first-order valence-corrected chi connectivity index (χ1v) is 6.11. The Morgan fingerprint density at radius 2 is 2.33 bits per heavy atom. The third-order valence-electron chi connectivity index (χ3n) is 2.71. The van der Waals surface area contributed by atoms with Crippen molar-refractivity contribution in [1.82, 2.24) is 20.1 Å². The van der Waals surface area contributed by atoms with Crippen LogP contribution in [-0.2, 0) is 6.54 Å². The zero-order valence-corrected chi connectivity index (χ0v) is 11.3. The maximum Gasteiger partial charge on any atom is 0.255 e. The van der Waals surface area contributed by atoms with Gasteiger partial charge in [-0.3, -0.25) is 9.89 Å². The van der Waals surface area contributed by atoms with Crippen molar-refractivity contribution >= 4 is 5.91 Å². The smallest absolute Gasteiger partial charge is 0.255 e. The minimum absolute atomic E-state index is 0.235. The number of rotatable bonds is 3. The van der Waals surface area contributed by atoms with Crippen LogP contribution in [0.2, 0.25) is 0 Å². The van der Waals surface area contributed by atoms with E-state index >= 15 is 0 Å². The number of aliphatic hydroxyl groups is 1. The third kappa shape index (κ3) is 3.64. The van der Waals surface area contributed by atoms with Crippen LogP contribution in [0, 0.1) is 17.7 Å². The molecule has 6 nitrogen and oxygen atoms in total. The number of carbonyl (C=O) groups is 1. The predicted molar refractivity (Wildman–Crippen MR) is 72.5 cm³/mol. The van der Waals surface area contributed by atoms with E-state index in [-0.39, 0.29) is 30.2 Å². The molecule has 0 saturated carbocycles. The summed E-state index contributed by atoms with van der Waals surface area (Å²) in [6.45, 7) is -0.124. The Labute approximate surface area is 120 Å². The van der Waals surface area contributed by atoms with Gasteiger partial charge in [0.05, 0.1) is 12.1 Å². The Bertz CT molecular complexity index is 689. The average Bonchev–Trinajstić information content (AvgIpc) is 2.97. The molecule has 1 amide bonds. The number of nitrogens with one attached hydrogen (secondary N) is 1. The Balaban J connectivity index is 2.25. The summed E-state index contributed by atoms with van der Waals surface area (Å²) in [5.41, 5.74) is 0.498. The van der Waals surface area contributed by atoms with E-state index in [9.17, 15) is 9.18 Å². The molecule has 0 bridgehead atoms. The number of carbonyl (C=O) groups excluding carboxylic acids is 1. The first-order chi connectivity index (χ1) is 10.1. The number of aromatic amines is 1. The number of H-pyrrole nitrogens is 1. The number of nitrogens with zero attached hydrogens (tertiary/aromatic N) is 3. The lowest BCUT2D eigenvalue weighted by molar-refractivity contribution is 0.0781. The molecule has 1 heterocycles.